The summed E-state index contributed by atoms with van der Waals surface area (Å²) in [7, 11) is -3.98. The average Bonchev–Trinajstić information content (AvgIpc) is 2.74. The van der Waals surface area contributed by atoms with Gasteiger partial charge in [0, 0.05) is 19.2 Å². The van der Waals surface area contributed by atoms with Crippen LogP contribution >= 0.6 is 0 Å². The smallest absolute Gasteiger partial charge is 0.262 e. The Bertz CT molecular complexity index is 1050. The van der Waals surface area contributed by atoms with Crippen LogP contribution in [0.3, 0.4) is 0 Å². The number of amides is 1. The molecule has 1 N–H and O–H groups in total. The van der Waals surface area contributed by atoms with Gasteiger partial charge in [-0.05, 0) is 52.0 Å². The van der Waals surface area contributed by atoms with Gasteiger partial charge in [-0.2, -0.15) is 0 Å². The Morgan fingerprint density at radius 3 is 2.31 bits per heavy atom. The van der Waals surface area contributed by atoms with E-state index < -0.39 is 10.0 Å². The predicted molar refractivity (Wildman–Crippen MR) is 122 cm³/mol. The second-order valence-corrected chi connectivity index (χ2v) is 9.28. The maximum absolute atomic E-state index is 13.2. The predicted octanol–water partition coefficient (Wildman–Crippen LogP) is 3.53. The van der Waals surface area contributed by atoms with Crippen LogP contribution in [-0.4, -0.2) is 57.7 Å². The number of nitrogens with zero attached hydrogens (tertiary/aromatic N) is 1. The van der Waals surface area contributed by atoms with E-state index in [4.69, 9.17) is 14.2 Å². The van der Waals surface area contributed by atoms with Crippen LogP contribution in [0.1, 0.15) is 38.1 Å². The molecular formula is C23H30N2O6S. The molecule has 0 spiro atoms. The van der Waals surface area contributed by atoms with Crippen molar-refractivity contribution in [1.82, 2.24) is 4.90 Å². The molecule has 1 amide bonds. The number of benzene rings is 2. The average molecular weight is 463 g/mol. The highest BCUT2D eigenvalue weighted by Gasteiger charge is 2.29. The fourth-order valence-corrected chi connectivity index (χ4v) is 4.77. The van der Waals surface area contributed by atoms with Crippen LogP contribution in [0.5, 0.6) is 11.5 Å². The fourth-order valence-electron chi connectivity index (χ4n) is 3.67. The molecule has 1 heterocycles. The lowest BCUT2D eigenvalue weighted by Gasteiger charge is -2.35. The first-order valence-corrected chi connectivity index (χ1v) is 12.2. The maximum atomic E-state index is 13.2. The molecule has 0 bridgehead atoms. The number of hydrogen-bond acceptors (Lipinski definition) is 6. The number of sulfonamides is 1. The van der Waals surface area contributed by atoms with Crippen molar-refractivity contribution < 1.29 is 27.4 Å². The van der Waals surface area contributed by atoms with Gasteiger partial charge in [-0.25, -0.2) is 8.42 Å². The van der Waals surface area contributed by atoms with Crippen molar-refractivity contribution in [3.05, 3.63) is 48.0 Å². The monoisotopic (exact) mass is 462 g/mol. The largest absolute Gasteiger partial charge is 0.490 e. The molecule has 8 nitrogen and oxygen atoms in total. The molecule has 9 heteroatoms. The maximum Gasteiger partial charge on any atom is 0.262 e. The Morgan fingerprint density at radius 2 is 1.66 bits per heavy atom. The number of ether oxygens (including phenoxy) is 3. The van der Waals surface area contributed by atoms with Crippen molar-refractivity contribution >= 4 is 21.6 Å². The number of hydrogen-bond donors (Lipinski definition) is 1. The SMILES string of the molecule is CCOc1ccc(S(=O)(=O)Nc2ccccc2C(=O)N2CC(C)OC(C)C2)cc1OCC. The summed E-state index contributed by atoms with van der Waals surface area (Å²) in [5.74, 6) is 0.573. The first-order chi connectivity index (χ1) is 15.2. The molecule has 32 heavy (non-hydrogen) atoms. The van der Waals surface area contributed by atoms with Gasteiger partial charge in [0.2, 0.25) is 0 Å². The molecule has 174 valence electrons. The van der Waals surface area contributed by atoms with Crippen molar-refractivity contribution in [2.24, 2.45) is 0 Å². The van der Waals surface area contributed by atoms with Crippen molar-refractivity contribution in [1.29, 1.82) is 0 Å². The van der Waals surface area contributed by atoms with Crippen molar-refractivity contribution in [2.75, 3.05) is 31.0 Å². The van der Waals surface area contributed by atoms with Crippen LogP contribution in [-0.2, 0) is 14.8 Å². The fraction of sp³-hybridized carbons (Fsp3) is 0.435. The zero-order chi connectivity index (χ0) is 23.3. The number of carbonyl (C=O) groups is 1. The Hall–Kier alpha value is -2.78. The first-order valence-electron chi connectivity index (χ1n) is 10.7. The van der Waals surface area contributed by atoms with Crippen molar-refractivity contribution in [2.45, 2.75) is 44.8 Å². The molecule has 0 radical (unpaired) electrons. The van der Waals surface area contributed by atoms with E-state index in [-0.39, 0.29) is 34.3 Å². The molecule has 1 fully saturated rings. The number of nitrogens with one attached hydrogen (secondary N) is 1. The molecule has 0 aliphatic carbocycles. The number of morpholine rings is 1. The lowest BCUT2D eigenvalue weighted by molar-refractivity contribution is -0.0585. The lowest BCUT2D eigenvalue weighted by atomic mass is 10.1. The third-order valence-electron chi connectivity index (χ3n) is 4.93. The second-order valence-electron chi connectivity index (χ2n) is 7.59. The Labute approximate surface area is 189 Å². The molecule has 1 saturated heterocycles. The van der Waals surface area contributed by atoms with Gasteiger partial charge in [-0.3, -0.25) is 9.52 Å². The van der Waals surface area contributed by atoms with E-state index in [1.165, 1.54) is 12.1 Å². The van der Waals surface area contributed by atoms with E-state index >= 15 is 0 Å². The van der Waals surface area contributed by atoms with Crippen molar-refractivity contribution in [3.63, 3.8) is 0 Å². The van der Waals surface area contributed by atoms with Crippen molar-refractivity contribution in [3.8, 4) is 11.5 Å². The van der Waals surface area contributed by atoms with Crippen LogP contribution < -0.4 is 14.2 Å². The van der Waals surface area contributed by atoms with Crippen LogP contribution in [0, 0.1) is 0 Å². The van der Waals surface area contributed by atoms with Gasteiger partial charge in [0.15, 0.2) is 11.5 Å². The molecule has 3 rings (SSSR count). The van der Waals surface area contributed by atoms with Crippen LogP contribution in [0.15, 0.2) is 47.4 Å². The molecule has 2 unspecified atom stereocenters. The molecule has 2 aromatic rings. The molecule has 1 aliphatic rings. The van der Waals surface area contributed by atoms with E-state index in [9.17, 15) is 13.2 Å². The van der Waals surface area contributed by atoms with Gasteiger partial charge in [-0.15, -0.1) is 0 Å². The van der Waals surface area contributed by atoms with Crippen LogP contribution in [0.4, 0.5) is 5.69 Å². The highest BCUT2D eigenvalue weighted by atomic mass is 32.2. The number of rotatable bonds is 8. The minimum absolute atomic E-state index is 0.0141. The summed E-state index contributed by atoms with van der Waals surface area (Å²) in [6.07, 6.45) is -0.181. The summed E-state index contributed by atoms with van der Waals surface area (Å²) in [5.41, 5.74) is 0.504. The molecule has 0 aromatic heterocycles. The van der Waals surface area contributed by atoms with Gasteiger partial charge >= 0.3 is 0 Å². The van der Waals surface area contributed by atoms with E-state index in [2.05, 4.69) is 4.72 Å². The standard InChI is InChI=1S/C23H30N2O6S/c1-5-29-21-12-11-18(13-22(21)30-6-2)32(27,28)24-20-10-8-7-9-19(20)23(26)25-14-16(3)31-17(4)15-25/h7-13,16-17,24H,5-6,14-15H2,1-4H3. The minimum Gasteiger partial charge on any atom is -0.490 e. The van der Waals surface area contributed by atoms with Gasteiger partial charge in [0.25, 0.3) is 15.9 Å². The summed E-state index contributed by atoms with van der Waals surface area (Å²) in [5, 5.41) is 0. The topological polar surface area (TPSA) is 94.2 Å². The minimum atomic E-state index is -3.98. The first kappa shape index (κ1) is 23.9. The summed E-state index contributed by atoms with van der Waals surface area (Å²) in [6.45, 7) is 9.15. The normalized spacial score (nSPS) is 18.8. The molecule has 1 aliphatic heterocycles. The number of para-hydroxylation sites is 1. The van der Waals surface area contributed by atoms with E-state index in [0.29, 0.717) is 37.8 Å². The quantitative estimate of drug-likeness (QED) is 0.645. The van der Waals surface area contributed by atoms with E-state index in [0.717, 1.165) is 0 Å². The number of anilines is 1. The van der Waals surface area contributed by atoms with Gasteiger partial charge < -0.3 is 19.1 Å². The molecule has 0 saturated carbocycles. The molecule has 2 atom stereocenters. The summed E-state index contributed by atoms with van der Waals surface area (Å²) in [4.78, 5) is 14.9. The third kappa shape index (κ3) is 5.52. The Morgan fingerprint density at radius 1 is 1.03 bits per heavy atom. The molecular weight excluding hydrogens is 432 g/mol. The number of carbonyl (C=O) groups excluding carboxylic acids is 1. The van der Waals surface area contributed by atoms with Crippen LogP contribution in [0.2, 0.25) is 0 Å². The Balaban J connectivity index is 1.89. The summed E-state index contributed by atoms with van der Waals surface area (Å²) < 4.78 is 45.6. The van der Waals surface area contributed by atoms with Crippen LogP contribution in [0.25, 0.3) is 0 Å². The molecule has 2 aromatic carbocycles. The lowest BCUT2D eigenvalue weighted by Crippen LogP contribution is -2.48. The van der Waals surface area contributed by atoms with Gasteiger partial charge in [0.05, 0.1) is 41.6 Å². The van der Waals surface area contributed by atoms with Gasteiger partial charge in [0.1, 0.15) is 0 Å². The summed E-state index contributed by atoms with van der Waals surface area (Å²) in [6, 6.07) is 11.0. The highest BCUT2D eigenvalue weighted by molar-refractivity contribution is 7.92. The van der Waals surface area contributed by atoms with Gasteiger partial charge in [-0.1, -0.05) is 12.1 Å². The second kappa shape index (κ2) is 10.2. The Kier molecular flexibility index (Phi) is 7.63. The zero-order valence-corrected chi connectivity index (χ0v) is 19.6. The van der Waals surface area contributed by atoms with E-state index in [1.807, 2.05) is 27.7 Å². The highest BCUT2D eigenvalue weighted by Crippen LogP contribution is 2.31. The third-order valence-corrected chi connectivity index (χ3v) is 6.30. The zero-order valence-electron chi connectivity index (χ0n) is 18.8. The van der Waals surface area contributed by atoms with E-state index in [1.54, 1.807) is 35.2 Å². The summed E-state index contributed by atoms with van der Waals surface area (Å²) >= 11 is 0.